The third kappa shape index (κ3) is 52.5. The van der Waals surface area contributed by atoms with Crippen LogP contribution in [0.2, 0.25) is 143 Å². The summed E-state index contributed by atoms with van der Waals surface area (Å²) in [4.78, 5) is 0. The molecule has 0 atom stereocenters. The van der Waals surface area contributed by atoms with E-state index in [1.165, 1.54) is 25.3 Å². The van der Waals surface area contributed by atoms with Crippen LogP contribution in [0.4, 0.5) is 0 Å². The van der Waals surface area contributed by atoms with Gasteiger partial charge in [0.25, 0.3) is 0 Å². The van der Waals surface area contributed by atoms with Crippen molar-refractivity contribution in [2.75, 3.05) is 0 Å². The largest absolute Gasteiger partial charge is 0.456 e. The molecule has 13 heteroatoms. The first-order valence-corrected chi connectivity index (χ1v) is 41.2. The van der Waals surface area contributed by atoms with Gasteiger partial charge < -0.3 is 20.6 Å². The quantitative estimate of drug-likeness (QED) is 0.122. The van der Waals surface area contributed by atoms with Crippen LogP contribution in [0, 0.1) is 0 Å². The lowest BCUT2D eigenvalue weighted by molar-refractivity contribution is 0.380. The lowest BCUT2D eigenvalue weighted by atomic mass is 10.3. The smallest absolute Gasteiger partial charge is 0.314 e. The van der Waals surface area contributed by atoms with E-state index in [0.717, 1.165) is 6.04 Å². The highest BCUT2D eigenvalue weighted by Crippen LogP contribution is 2.26. The summed E-state index contributed by atoms with van der Waals surface area (Å²) >= 11 is 0. The molecule has 0 heterocycles. The normalized spacial score (nSPS) is 12.7. The molecule has 45 heavy (non-hydrogen) atoms. The van der Waals surface area contributed by atoms with E-state index in [1.807, 2.05) is 0 Å². The van der Waals surface area contributed by atoms with Gasteiger partial charge in [0, 0.05) is 0 Å². The standard InChI is InChI=1S/C12H32O2Si3.C8H24O2Si3.C7H20OSi2.5CH4/c1-9-10-11-12-17(8,13-15(2,3)4)14-16(5,6)7;1-11(2,3)9-13(7,8)10-12(4,5)6;1-7-10(5,6)8-9(2,3)4;;;;;/h9-12H2,1-8H3;1-8H3;7H2,1-6H3;5*1H4. The van der Waals surface area contributed by atoms with Crippen LogP contribution in [0.25, 0.3) is 0 Å². The molecule has 0 unspecified atom stereocenters. The molecule has 0 aliphatic carbocycles. The molecule has 0 saturated heterocycles. The summed E-state index contributed by atoms with van der Waals surface area (Å²) in [6.07, 6.45) is 3.82. The fourth-order valence-corrected chi connectivity index (χ4v) is 36.7. The predicted molar refractivity (Wildman–Crippen MR) is 237 cm³/mol. The Kier molecular flexibility index (Phi) is 36.8. The summed E-state index contributed by atoms with van der Waals surface area (Å²) in [6.45, 7) is 49.4. The summed E-state index contributed by atoms with van der Waals surface area (Å²) in [5.41, 5.74) is 0. The zero-order valence-electron chi connectivity index (χ0n) is 31.6. The van der Waals surface area contributed by atoms with Gasteiger partial charge in [0.05, 0.1) is 0 Å². The van der Waals surface area contributed by atoms with Crippen molar-refractivity contribution in [2.45, 2.75) is 213 Å². The van der Waals surface area contributed by atoms with Gasteiger partial charge in [-0.3, -0.25) is 0 Å². The predicted octanol–water partition coefficient (Wildman–Crippen LogP) is 14.6. The molecule has 0 spiro atoms. The first-order chi connectivity index (χ1) is 17.2. The number of hydrogen-bond donors (Lipinski definition) is 0. The Hall–Kier alpha value is 1.54. The molecule has 0 aliphatic heterocycles. The third-order valence-electron chi connectivity index (χ3n) is 4.82. The Labute approximate surface area is 299 Å². The summed E-state index contributed by atoms with van der Waals surface area (Å²) in [6, 6.07) is 2.40. The zero-order chi connectivity index (χ0) is 33.1. The van der Waals surface area contributed by atoms with Gasteiger partial charge in [0.2, 0.25) is 0 Å². The maximum absolute atomic E-state index is 6.44. The first-order valence-electron chi connectivity index (χ1n) is 15.7. The molecule has 0 radical (unpaired) electrons. The minimum Gasteiger partial charge on any atom is -0.456 e. The SMILES string of the molecule is C.C.C.C.C.CCCCC[Si](C)(O[Si](C)(C)C)O[Si](C)(C)C.CC[Si](C)(C)O[Si](C)(C)C.C[Si](C)(C)O[Si](C)(C)O[Si](C)(C)C. The second-order valence-corrected chi connectivity index (χ2v) is 52.2. The second kappa shape index (κ2) is 25.5. The van der Waals surface area contributed by atoms with Crippen LogP contribution in [-0.4, -0.2) is 67.0 Å². The molecular formula is C32H96O5Si8. The van der Waals surface area contributed by atoms with E-state index in [-0.39, 0.29) is 37.1 Å². The third-order valence-corrected chi connectivity index (χ3v) is 29.6. The maximum atomic E-state index is 6.44. The van der Waals surface area contributed by atoms with Gasteiger partial charge in [-0.25, -0.2) is 0 Å². The summed E-state index contributed by atoms with van der Waals surface area (Å²) in [5.74, 6) is 0. The topological polar surface area (TPSA) is 46.2 Å². The second-order valence-electron chi connectivity index (χ2n) is 17.2. The van der Waals surface area contributed by atoms with Gasteiger partial charge in [0.15, 0.2) is 49.9 Å². The molecule has 5 nitrogen and oxygen atoms in total. The molecule has 0 amide bonds. The van der Waals surface area contributed by atoms with Crippen molar-refractivity contribution in [2.24, 2.45) is 0 Å². The monoisotopic (exact) mass is 785 g/mol. The summed E-state index contributed by atoms with van der Waals surface area (Å²) in [5, 5.41) is 0. The molecule has 0 fully saturated rings. The molecule has 0 aromatic rings. The van der Waals surface area contributed by atoms with E-state index in [2.05, 4.69) is 145 Å². The van der Waals surface area contributed by atoms with E-state index in [0.29, 0.717) is 0 Å². The van der Waals surface area contributed by atoms with Crippen molar-refractivity contribution < 1.29 is 20.6 Å². The molecule has 0 aromatic heterocycles. The highest BCUT2D eigenvalue weighted by atomic mass is 28.5. The van der Waals surface area contributed by atoms with E-state index in [4.69, 9.17) is 20.6 Å². The zero-order valence-corrected chi connectivity index (χ0v) is 39.6. The number of rotatable bonds is 15. The Morgan fingerprint density at radius 2 is 0.622 bits per heavy atom. The lowest BCUT2D eigenvalue weighted by Gasteiger charge is -2.38. The van der Waals surface area contributed by atoms with Crippen LogP contribution in [0.15, 0.2) is 0 Å². The van der Waals surface area contributed by atoms with Crippen molar-refractivity contribution in [1.29, 1.82) is 0 Å². The van der Waals surface area contributed by atoms with E-state index in [9.17, 15) is 0 Å². The molecule has 0 aliphatic rings. The highest BCUT2D eigenvalue weighted by molar-refractivity contribution is 6.88. The van der Waals surface area contributed by atoms with Crippen molar-refractivity contribution in [1.82, 2.24) is 0 Å². The van der Waals surface area contributed by atoms with E-state index in [1.54, 1.807) is 0 Å². The van der Waals surface area contributed by atoms with Gasteiger partial charge in [-0.05, 0) is 143 Å². The van der Waals surface area contributed by atoms with E-state index < -0.39 is 67.0 Å². The van der Waals surface area contributed by atoms with Crippen LogP contribution < -0.4 is 0 Å². The Balaban J connectivity index is -0.0000000742. The van der Waals surface area contributed by atoms with Gasteiger partial charge in [-0.2, -0.15) is 0 Å². The molecular weight excluding hydrogens is 689 g/mol. The van der Waals surface area contributed by atoms with Crippen molar-refractivity contribution in [3.63, 3.8) is 0 Å². The van der Waals surface area contributed by atoms with Crippen LogP contribution in [-0.2, 0) is 20.6 Å². The average Bonchev–Trinajstić information content (AvgIpc) is 2.53. The fraction of sp³-hybridized carbons (Fsp3) is 1.00. The number of hydrogen-bond acceptors (Lipinski definition) is 5. The van der Waals surface area contributed by atoms with Crippen molar-refractivity contribution in [3.05, 3.63) is 0 Å². The molecule has 0 saturated carbocycles. The minimum absolute atomic E-state index is 0. The Morgan fingerprint density at radius 3 is 0.800 bits per heavy atom. The molecule has 0 rings (SSSR count). The number of unbranched alkanes of at least 4 members (excludes halogenated alkanes) is 2. The molecule has 0 aromatic carbocycles. The summed E-state index contributed by atoms with van der Waals surface area (Å²) in [7, 11) is -12.1. The maximum Gasteiger partial charge on any atom is 0.314 e. The van der Waals surface area contributed by atoms with Crippen LogP contribution >= 0.6 is 0 Å². The van der Waals surface area contributed by atoms with Gasteiger partial charge in [-0.15, -0.1) is 0 Å². The van der Waals surface area contributed by atoms with Gasteiger partial charge in [0.1, 0.15) is 0 Å². The fourth-order valence-electron chi connectivity index (χ4n) is 4.51. The van der Waals surface area contributed by atoms with E-state index >= 15 is 0 Å². The highest BCUT2D eigenvalue weighted by Gasteiger charge is 2.39. The Bertz CT molecular complexity index is 640. The van der Waals surface area contributed by atoms with Crippen LogP contribution in [0.5, 0.6) is 0 Å². The van der Waals surface area contributed by atoms with Crippen molar-refractivity contribution in [3.8, 4) is 0 Å². The van der Waals surface area contributed by atoms with Gasteiger partial charge in [-0.1, -0.05) is 70.2 Å². The van der Waals surface area contributed by atoms with Gasteiger partial charge >= 0.3 is 17.1 Å². The minimum atomic E-state index is -1.93. The lowest BCUT2D eigenvalue weighted by Crippen LogP contribution is -2.52. The van der Waals surface area contributed by atoms with Crippen LogP contribution in [0.3, 0.4) is 0 Å². The van der Waals surface area contributed by atoms with Crippen molar-refractivity contribution >= 4 is 67.0 Å². The first kappa shape index (κ1) is 65.0. The molecule has 0 bridgehead atoms. The molecule has 286 valence electrons. The van der Waals surface area contributed by atoms with Crippen LogP contribution in [0.1, 0.15) is 70.2 Å². The molecule has 0 N–H and O–H groups in total. The average molecular weight is 786 g/mol. The Morgan fingerprint density at radius 1 is 0.356 bits per heavy atom. The summed E-state index contributed by atoms with van der Waals surface area (Å²) < 4.78 is 31.1.